The number of rotatable bonds is 4. The van der Waals surface area contributed by atoms with Gasteiger partial charge in [-0.2, -0.15) is 0 Å². The number of nitrogens with zero attached hydrogens (tertiary/aromatic N) is 2. The van der Waals surface area contributed by atoms with E-state index in [1.807, 2.05) is 13.2 Å². The Morgan fingerprint density at radius 1 is 1.25 bits per heavy atom. The van der Waals surface area contributed by atoms with Crippen molar-refractivity contribution in [1.82, 2.24) is 9.80 Å². The maximum Gasteiger partial charge on any atom is 0.101 e. The van der Waals surface area contributed by atoms with Crippen molar-refractivity contribution < 1.29 is 4.42 Å². The Morgan fingerprint density at radius 2 is 1.94 bits per heavy atom. The fourth-order valence-electron chi connectivity index (χ4n) is 2.19. The highest BCUT2D eigenvalue weighted by Crippen LogP contribution is 2.11. The van der Waals surface area contributed by atoms with Crippen LogP contribution in [0, 0.1) is 6.92 Å². The zero-order chi connectivity index (χ0) is 11.4. The van der Waals surface area contributed by atoms with Crippen molar-refractivity contribution >= 4 is 0 Å². The number of piperazine rings is 1. The molecule has 2 rings (SSSR count). The maximum absolute atomic E-state index is 5.55. The first-order chi connectivity index (χ1) is 7.78. The van der Waals surface area contributed by atoms with E-state index in [4.69, 9.17) is 10.2 Å². The van der Waals surface area contributed by atoms with Gasteiger partial charge < -0.3 is 10.2 Å². The summed E-state index contributed by atoms with van der Waals surface area (Å²) in [7, 11) is 0. The van der Waals surface area contributed by atoms with E-state index in [0.717, 1.165) is 51.6 Å². The van der Waals surface area contributed by atoms with Gasteiger partial charge in [-0.25, -0.2) is 0 Å². The predicted octanol–water partition coefficient (Wildman–Crippen LogP) is 0.664. The largest absolute Gasteiger partial charge is 0.469 e. The first kappa shape index (κ1) is 11.6. The highest BCUT2D eigenvalue weighted by Gasteiger charge is 2.16. The molecule has 0 unspecified atom stereocenters. The van der Waals surface area contributed by atoms with Gasteiger partial charge in [0, 0.05) is 51.4 Å². The lowest BCUT2D eigenvalue weighted by atomic mass is 10.2. The molecule has 90 valence electrons. The molecule has 0 aliphatic carbocycles. The van der Waals surface area contributed by atoms with Gasteiger partial charge in [-0.15, -0.1) is 0 Å². The summed E-state index contributed by atoms with van der Waals surface area (Å²) >= 11 is 0. The summed E-state index contributed by atoms with van der Waals surface area (Å²) in [6, 6.07) is 2.12. The third-order valence-corrected chi connectivity index (χ3v) is 3.10. The van der Waals surface area contributed by atoms with Gasteiger partial charge in [0.05, 0.1) is 6.26 Å². The molecule has 16 heavy (non-hydrogen) atoms. The number of aryl methyl sites for hydroxylation is 1. The Morgan fingerprint density at radius 3 is 2.50 bits per heavy atom. The smallest absolute Gasteiger partial charge is 0.101 e. The Hall–Kier alpha value is -0.840. The van der Waals surface area contributed by atoms with Crippen LogP contribution in [0.2, 0.25) is 0 Å². The van der Waals surface area contributed by atoms with Gasteiger partial charge >= 0.3 is 0 Å². The third kappa shape index (κ3) is 3.07. The van der Waals surface area contributed by atoms with Crippen LogP contribution < -0.4 is 5.73 Å². The zero-order valence-corrected chi connectivity index (χ0v) is 9.98. The van der Waals surface area contributed by atoms with Crippen molar-refractivity contribution in [3.8, 4) is 0 Å². The molecule has 1 aliphatic heterocycles. The molecule has 0 radical (unpaired) electrons. The highest BCUT2D eigenvalue weighted by molar-refractivity contribution is 5.11. The number of nitrogens with two attached hydrogens (primary N) is 1. The lowest BCUT2D eigenvalue weighted by molar-refractivity contribution is 0.129. The Labute approximate surface area is 97.0 Å². The quantitative estimate of drug-likeness (QED) is 0.814. The van der Waals surface area contributed by atoms with Crippen LogP contribution >= 0.6 is 0 Å². The van der Waals surface area contributed by atoms with E-state index < -0.39 is 0 Å². The van der Waals surface area contributed by atoms with E-state index in [1.165, 1.54) is 5.56 Å². The van der Waals surface area contributed by atoms with Crippen LogP contribution in [0.5, 0.6) is 0 Å². The molecule has 2 N–H and O–H groups in total. The SMILES string of the molecule is Cc1cc(CN2CCN(CCN)CC2)co1. The van der Waals surface area contributed by atoms with Crippen molar-refractivity contribution in [2.24, 2.45) is 5.73 Å². The summed E-state index contributed by atoms with van der Waals surface area (Å²) < 4.78 is 5.31. The van der Waals surface area contributed by atoms with Crippen LogP contribution in [0.3, 0.4) is 0 Å². The fraction of sp³-hybridized carbons (Fsp3) is 0.667. The Kier molecular flexibility index (Phi) is 3.98. The predicted molar refractivity (Wildman–Crippen MR) is 64.2 cm³/mol. The van der Waals surface area contributed by atoms with Crippen LogP contribution in [-0.2, 0) is 6.54 Å². The van der Waals surface area contributed by atoms with E-state index in [2.05, 4.69) is 15.9 Å². The molecule has 0 aromatic carbocycles. The maximum atomic E-state index is 5.55. The molecule has 1 saturated heterocycles. The van der Waals surface area contributed by atoms with Gasteiger partial charge in [-0.1, -0.05) is 0 Å². The molecular weight excluding hydrogens is 202 g/mol. The Balaban J connectivity index is 1.77. The molecule has 0 saturated carbocycles. The summed E-state index contributed by atoms with van der Waals surface area (Å²) in [5, 5.41) is 0. The molecule has 1 aromatic heterocycles. The normalized spacial score (nSPS) is 19.1. The first-order valence-corrected chi connectivity index (χ1v) is 5.97. The number of furan rings is 1. The minimum atomic E-state index is 0.765. The fourth-order valence-corrected chi connectivity index (χ4v) is 2.19. The van der Waals surface area contributed by atoms with Gasteiger partial charge in [-0.05, 0) is 13.0 Å². The van der Waals surface area contributed by atoms with Gasteiger partial charge in [-0.3, -0.25) is 9.80 Å². The number of hydrogen-bond donors (Lipinski definition) is 1. The molecule has 1 aliphatic rings. The van der Waals surface area contributed by atoms with Crippen LogP contribution in [-0.4, -0.2) is 49.1 Å². The summed E-state index contributed by atoms with van der Waals surface area (Å²) in [5.41, 5.74) is 6.83. The third-order valence-electron chi connectivity index (χ3n) is 3.10. The molecule has 0 bridgehead atoms. The minimum Gasteiger partial charge on any atom is -0.469 e. The monoisotopic (exact) mass is 223 g/mol. The Bertz CT molecular complexity index is 316. The van der Waals surface area contributed by atoms with Crippen LogP contribution in [0.4, 0.5) is 0 Å². The topological polar surface area (TPSA) is 45.6 Å². The van der Waals surface area contributed by atoms with Gasteiger partial charge in [0.2, 0.25) is 0 Å². The van der Waals surface area contributed by atoms with Crippen molar-refractivity contribution in [1.29, 1.82) is 0 Å². The van der Waals surface area contributed by atoms with E-state index in [0.29, 0.717) is 0 Å². The second-order valence-corrected chi connectivity index (χ2v) is 4.47. The van der Waals surface area contributed by atoms with Crippen LogP contribution in [0.15, 0.2) is 16.7 Å². The second-order valence-electron chi connectivity index (χ2n) is 4.47. The van der Waals surface area contributed by atoms with E-state index in [1.54, 1.807) is 0 Å². The number of hydrogen-bond acceptors (Lipinski definition) is 4. The molecule has 0 atom stereocenters. The average Bonchev–Trinajstić information content (AvgIpc) is 2.67. The lowest BCUT2D eigenvalue weighted by Gasteiger charge is -2.34. The standard InChI is InChI=1S/C12H21N3O/c1-11-8-12(10-16-11)9-15-6-4-14(3-2-13)5-7-15/h8,10H,2-7,9,13H2,1H3. The van der Waals surface area contributed by atoms with E-state index >= 15 is 0 Å². The van der Waals surface area contributed by atoms with Crippen molar-refractivity contribution in [3.05, 3.63) is 23.7 Å². The van der Waals surface area contributed by atoms with Gasteiger partial charge in [0.25, 0.3) is 0 Å². The summed E-state index contributed by atoms with van der Waals surface area (Å²) in [6.07, 6.45) is 1.86. The molecular formula is C12H21N3O. The van der Waals surface area contributed by atoms with Crippen LogP contribution in [0.25, 0.3) is 0 Å². The van der Waals surface area contributed by atoms with Crippen LogP contribution in [0.1, 0.15) is 11.3 Å². The second kappa shape index (κ2) is 5.48. The lowest BCUT2D eigenvalue weighted by Crippen LogP contribution is -2.47. The van der Waals surface area contributed by atoms with Crippen molar-refractivity contribution in [3.63, 3.8) is 0 Å². The van der Waals surface area contributed by atoms with Crippen molar-refractivity contribution in [2.75, 3.05) is 39.3 Å². The average molecular weight is 223 g/mol. The summed E-state index contributed by atoms with van der Waals surface area (Å²) in [6.45, 7) is 9.31. The highest BCUT2D eigenvalue weighted by atomic mass is 16.3. The van der Waals surface area contributed by atoms with Crippen molar-refractivity contribution in [2.45, 2.75) is 13.5 Å². The molecule has 4 nitrogen and oxygen atoms in total. The summed E-state index contributed by atoms with van der Waals surface area (Å²) in [5.74, 6) is 0.997. The van der Waals surface area contributed by atoms with E-state index in [9.17, 15) is 0 Å². The molecule has 1 fully saturated rings. The molecule has 1 aromatic rings. The molecule has 4 heteroatoms. The molecule has 0 amide bonds. The minimum absolute atomic E-state index is 0.765. The molecule has 2 heterocycles. The van der Waals surface area contributed by atoms with Gasteiger partial charge in [0.1, 0.15) is 5.76 Å². The first-order valence-electron chi connectivity index (χ1n) is 5.97. The molecule has 0 spiro atoms. The summed E-state index contributed by atoms with van der Waals surface area (Å²) in [4.78, 5) is 4.90. The zero-order valence-electron chi connectivity index (χ0n) is 9.98. The van der Waals surface area contributed by atoms with Gasteiger partial charge in [0.15, 0.2) is 0 Å². The van der Waals surface area contributed by atoms with E-state index in [-0.39, 0.29) is 0 Å².